The van der Waals surface area contributed by atoms with Crippen LogP contribution in [0.3, 0.4) is 0 Å². The van der Waals surface area contributed by atoms with Crippen LogP contribution in [-0.4, -0.2) is 45.2 Å². The molecular weight excluding hydrogens is 269 g/mol. The first-order valence-electron chi connectivity index (χ1n) is 8.02. The van der Waals surface area contributed by atoms with E-state index in [9.17, 15) is 0 Å². The summed E-state index contributed by atoms with van der Waals surface area (Å²) in [5.41, 5.74) is 0.523. The molecule has 0 aliphatic heterocycles. The van der Waals surface area contributed by atoms with Crippen LogP contribution in [0.1, 0.15) is 95.9 Å². The van der Waals surface area contributed by atoms with E-state index in [1.807, 2.05) is 0 Å². The minimum atomic E-state index is 0. The maximum Gasteiger partial charge on any atom is 2.00 e. The summed E-state index contributed by atoms with van der Waals surface area (Å²) in [6.45, 7) is 25.9. The van der Waals surface area contributed by atoms with Crippen molar-refractivity contribution in [3.05, 3.63) is 10.6 Å². The van der Waals surface area contributed by atoms with Crippen molar-refractivity contribution in [2.24, 2.45) is 0 Å². The minimum absolute atomic E-state index is 0. The molecule has 0 fully saturated rings. The van der Waals surface area contributed by atoms with E-state index in [0.717, 1.165) is 12.8 Å². The van der Waals surface area contributed by atoms with Crippen LogP contribution in [0.4, 0.5) is 0 Å². The van der Waals surface area contributed by atoms with Crippen LogP contribution >= 0.6 is 0 Å². The van der Waals surface area contributed by atoms with E-state index < -0.39 is 0 Å². The Morgan fingerprint density at radius 2 is 0.714 bits per heavy atom. The van der Waals surface area contributed by atoms with Crippen molar-refractivity contribution in [1.29, 1.82) is 0 Å². The van der Waals surface area contributed by atoms with E-state index >= 15 is 0 Å². The predicted octanol–water partition coefficient (Wildman–Crippen LogP) is 6.31. The molecule has 0 saturated heterocycles. The molecule has 0 radical (unpaired) electrons. The zero-order chi connectivity index (χ0) is 16.8. The van der Waals surface area contributed by atoms with Crippen molar-refractivity contribution in [1.82, 2.24) is 0 Å². The summed E-state index contributed by atoms with van der Waals surface area (Å²) in [5.74, 6) is 0. The first-order valence-corrected chi connectivity index (χ1v) is 8.02. The summed E-state index contributed by atoms with van der Waals surface area (Å²) < 4.78 is 0. The molecule has 0 N–H and O–H groups in total. The molecule has 0 aromatic carbocycles. The fraction of sp³-hybridized carbons (Fsp3) is 1.00. The molecule has 0 spiro atoms. The number of hydrogen-bond acceptors (Lipinski definition) is 0. The van der Waals surface area contributed by atoms with E-state index in [4.69, 9.17) is 0 Å². The smallest absolute Gasteiger partial charge is 0.652 e. The summed E-state index contributed by atoms with van der Waals surface area (Å²) in [6.07, 6.45) is 2.23. The molecule has 21 heavy (non-hydrogen) atoms. The van der Waals surface area contributed by atoms with Gasteiger partial charge in [0.1, 0.15) is 0 Å². The van der Waals surface area contributed by atoms with Crippen molar-refractivity contribution in [2.45, 2.75) is 118 Å². The van der Waals surface area contributed by atoms with Crippen LogP contribution in [-0.2, 0) is 0 Å². The maximum atomic E-state index is 4.66. The standard InChI is InChI=1S/2C9H20N.Mg/c2*1-7-9(5,6)10-8(2,3)4;/h2*7H2,1-6H3;/q2*-1;+2. The first kappa shape index (κ1) is 26.6. The van der Waals surface area contributed by atoms with E-state index in [1.54, 1.807) is 0 Å². The van der Waals surface area contributed by atoms with Gasteiger partial charge in [0.25, 0.3) is 0 Å². The van der Waals surface area contributed by atoms with Crippen LogP contribution in [0.2, 0.25) is 0 Å². The molecule has 3 heteroatoms. The van der Waals surface area contributed by atoms with Crippen LogP contribution in [0, 0.1) is 0 Å². The second kappa shape index (κ2) is 9.74. The zero-order valence-electron chi connectivity index (χ0n) is 17.0. The van der Waals surface area contributed by atoms with E-state index in [2.05, 4.69) is 93.7 Å². The third-order valence-corrected chi connectivity index (χ3v) is 3.01. The van der Waals surface area contributed by atoms with Gasteiger partial charge in [-0.1, -0.05) is 95.9 Å². The molecule has 0 unspecified atom stereocenters. The van der Waals surface area contributed by atoms with Gasteiger partial charge in [-0.25, -0.2) is 0 Å². The number of rotatable bonds is 4. The van der Waals surface area contributed by atoms with Gasteiger partial charge in [-0.2, -0.15) is 0 Å². The third kappa shape index (κ3) is 20.7. The molecule has 124 valence electrons. The number of nitrogens with zero attached hydrogens (tertiary/aromatic N) is 2. The van der Waals surface area contributed by atoms with Crippen LogP contribution in [0.5, 0.6) is 0 Å². The summed E-state index contributed by atoms with van der Waals surface area (Å²) >= 11 is 0. The molecule has 0 bridgehead atoms. The maximum absolute atomic E-state index is 4.66. The van der Waals surface area contributed by atoms with E-state index in [0.29, 0.717) is 0 Å². The van der Waals surface area contributed by atoms with Crippen molar-refractivity contribution in [2.75, 3.05) is 0 Å². The second-order valence-corrected chi connectivity index (χ2v) is 8.90. The Morgan fingerprint density at radius 1 is 0.524 bits per heavy atom. The van der Waals surface area contributed by atoms with Crippen molar-refractivity contribution >= 4 is 23.1 Å². The van der Waals surface area contributed by atoms with Gasteiger partial charge in [-0.05, 0) is 0 Å². The molecule has 0 amide bonds. The molecule has 0 heterocycles. The molecule has 2 nitrogen and oxygen atoms in total. The summed E-state index contributed by atoms with van der Waals surface area (Å²) in [7, 11) is 0. The monoisotopic (exact) mass is 308 g/mol. The predicted molar refractivity (Wildman–Crippen MR) is 101 cm³/mol. The Hall–Kier alpha value is 0.686. The van der Waals surface area contributed by atoms with Crippen LogP contribution < -0.4 is 0 Å². The fourth-order valence-electron chi connectivity index (χ4n) is 1.97. The van der Waals surface area contributed by atoms with Gasteiger partial charge in [0.2, 0.25) is 0 Å². The largest absolute Gasteiger partial charge is 2.00 e. The minimum Gasteiger partial charge on any atom is -0.652 e. The Balaban J connectivity index is -0.000000295. The molecular formula is C18H40MgN2. The van der Waals surface area contributed by atoms with Gasteiger partial charge in [0.05, 0.1) is 0 Å². The van der Waals surface area contributed by atoms with Gasteiger partial charge in [0, 0.05) is 0 Å². The average molecular weight is 309 g/mol. The van der Waals surface area contributed by atoms with Gasteiger partial charge >= 0.3 is 23.1 Å². The second-order valence-electron chi connectivity index (χ2n) is 8.90. The van der Waals surface area contributed by atoms with Gasteiger partial charge in [-0.3, -0.25) is 0 Å². The van der Waals surface area contributed by atoms with Crippen molar-refractivity contribution in [3.63, 3.8) is 0 Å². The molecule has 0 aromatic heterocycles. The third-order valence-electron chi connectivity index (χ3n) is 3.01. The normalized spacial score (nSPS) is 13.1. The topological polar surface area (TPSA) is 28.2 Å². The molecule has 0 atom stereocenters. The van der Waals surface area contributed by atoms with Crippen LogP contribution in [0.25, 0.3) is 10.6 Å². The van der Waals surface area contributed by atoms with Crippen LogP contribution in [0.15, 0.2) is 0 Å². The van der Waals surface area contributed by atoms with Crippen molar-refractivity contribution in [3.8, 4) is 0 Å². The molecule has 0 saturated carbocycles. The van der Waals surface area contributed by atoms with Gasteiger partial charge in [-0.15, -0.1) is 22.2 Å². The Morgan fingerprint density at radius 3 is 0.762 bits per heavy atom. The first-order chi connectivity index (χ1) is 8.54. The summed E-state index contributed by atoms with van der Waals surface area (Å²) in [4.78, 5) is 0. The number of hydrogen-bond donors (Lipinski definition) is 0. The van der Waals surface area contributed by atoms with Gasteiger partial charge in [0.15, 0.2) is 0 Å². The Bertz CT molecular complexity index is 229. The average Bonchev–Trinajstić information content (AvgIpc) is 2.11. The Labute approximate surface area is 151 Å². The summed E-state index contributed by atoms with van der Waals surface area (Å²) in [6, 6.07) is 0. The Kier molecular flexibility index (Phi) is 12.3. The van der Waals surface area contributed by atoms with E-state index in [1.165, 1.54) is 0 Å². The molecule has 0 aliphatic rings. The molecule has 0 aromatic rings. The van der Waals surface area contributed by atoms with Gasteiger partial charge < -0.3 is 10.6 Å². The van der Waals surface area contributed by atoms with E-state index in [-0.39, 0.29) is 45.2 Å². The van der Waals surface area contributed by atoms with Crippen molar-refractivity contribution < 1.29 is 0 Å². The molecule has 0 rings (SSSR count). The summed E-state index contributed by atoms with van der Waals surface area (Å²) in [5, 5.41) is 9.32. The quantitative estimate of drug-likeness (QED) is 0.544. The molecule has 0 aliphatic carbocycles. The fourth-order valence-corrected chi connectivity index (χ4v) is 1.97. The SMILES string of the molecule is CCC(C)(C)[N-]C(C)(C)C.CCC(C)(C)[N-]C(C)(C)C.[Mg+2]. The zero-order valence-corrected chi connectivity index (χ0v) is 18.4.